The average molecular weight is 371 g/mol. The first-order valence-electron chi connectivity index (χ1n) is 9.31. The zero-order valence-corrected chi connectivity index (χ0v) is 16.2. The first kappa shape index (κ1) is 18.6. The standard InChI is InChI=1S/C21H26N2O2S/c1-3-4-13-22-21(25)17-11-12-19(24)23(16-9-7-15(2)8-10-16)20(17)18-6-5-14-26-18/h5-10,14,17,20H,3-4,11-13H2,1-2H3,(H,22,25). The van der Waals surface area contributed by atoms with Crippen LogP contribution in [0.4, 0.5) is 5.69 Å². The second-order valence-electron chi connectivity index (χ2n) is 6.85. The molecule has 1 aromatic heterocycles. The lowest BCUT2D eigenvalue weighted by Gasteiger charge is -2.40. The highest BCUT2D eigenvalue weighted by atomic mass is 32.1. The van der Waals surface area contributed by atoms with E-state index in [-0.39, 0.29) is 23.8 Å². The third kappa shape index (κ3) is 3.98. The first-order chi connectivity index (χ1) is 12.6. The summed E-state index contributed by atoms with van der Waals surface area (Å²) in [7, 11) is 0. The number of nitrogens with zero attached hydrogens (tertiary/aromatic N) is 1. The monoisotopic (exact) mass is 370 g/mol. The van der Waals surface area contributed by atoms with E-state index in [0.29, 0.717) is 19.4 Å². The van der Waals surface area contributed by atoms with Crippen molar-refractivity contribution in [2.24, 2.45) is 5.92 Å². The molecule has 0 saturated carbocycles. The molecule has 4 nitrogen and oxygen atoms in total. The lowest BCUT2D eigenvalue weighted by molar-refractivity contribution is -0.129. The van der Waals surface area contributed by atoms with Gasteiger partial charge in [-0.05, 0) is 43.3 Å². The van der Waals surface area contributed by atoms with Crippen LogP contribution in [0.5, 0.6) is 0 Å². The number of nitrogens with one attached hydrogen (secondary N) is 1. The summed E-state index contributed by atoms with van der Waals surface area (Å²) in [6.07, 6.45) is 3.03. The van der Waals surface area contributed by atoms with Crippen molar-refractivity contribution >= 4 is 28.8 Å². The number of rotatable bonds is 6. The minimum Gasteiger partial charge on any atom is -0.356 e. The van der Waals surface area contributed by atoms with Crippen molar-refractivity contribution in [3.8, 4) is 0 Å². The summed E-state index contributed by atoms with van der Waals surface area (Å²) in [6.45, 7) is 4.84. The summed E-state index contributed by atoms with van der Waals surface area (Å²) in [4.78, 5) is 28.6. The Morgan fingerprint density at radius 1 is 1.27 bits per heavy atom. The normalized spacial score (nSPS) is 20.2. The molecular formula is C21H26N2O2S. The Morgan fingerprint density at radius 3 is 2.69 bits per heavy atom. The molecule has 1 aliphatic rings. The number of piperidine rings is 1. The molecule has 26 heavy (non-hydrogen) atoms. The molecule has 138 valence electrons. The van der Waals surface area contributed by atoms with E-state index in [1.807, 2.05) is 53.6 Å². The van der Waals surface area contributed by atoms with Gasteiger partial charge in [0.25, 0.3) is 0 Å². The Labute approximate surface area is 159 Å². The highest BCUT2D eigenvalue weighted by Crippen LogP contribution is 2.41. The second kappa shape index (κ2) is 8.49. The van der Waals surface area contributed by atoms with Crippen LogP contribution in [0.2, 0.25) is 0 Å². The first-order valence-corrected chi connectivity index (χ1v) is 10.2. The molecule has 0 bridgehead atoms. The summed E-state index contributed by atoms with van der Waals surface area (Å²) in [5.41, 5.74) is 2.02. The van der Waals surface area contributed by atoms with Gasteiger partial charge in [0.2, 0.25) is 11.8 Å². The van der Waals surface area contributed by atoms with Gasteiger partial charge in [0.05, 0.1) is 12.0 Å². The summed E-state index contributed by atoms with van der Waals surface area (Å²) in [5.74, 6) is -0.0733. The van der Waals surface area contributed by atoms with Gasteiger partial charge in [-0.25, -0.2) is 0 Å². The van der Waals surface area contributed by atoms with Crippen LogP contribution in [0, 0.1) is 12.8 Å². The third-order valence-electron chi connectivity index (χ3n) is 4.91. The summed E-state index contributed by atoms with van der Waals surface area (Å²) in [5, 5.41) is 5.08. The molecule has 1 fully saturated rings. The van der Waals surface area contributed by atoms with Crippen molar-refractivity contribution in [3.63, 3.8) is 0 Å². The largest absolute Gasteiger partial charge is 0.356 e. The van der Waals surface area contributed by atoms with Crippen molar-refractivity contribution in [2.45, 2.75) is 45.6 Å². The van der Waals surface area contributed by atoms with Gasteiger partial charge in [0.1, 0.15) is 0 Å². The number of hydrogen-bond donors (Lipinski definition) is 1. The van der Waals surface area contributed by atoms with E-state index in [9.17, 15) is 9.59 Å². The summed E-state index contributed by atoms with van der Waals surface area (Å²) in [6, 6.07) is 11.8. The number of unbranched alkanes of at least 4 members (excludes halogenated alkanes) is 1. The van der Waals surface area contributed by atoms with Crippen LogP contribution in [-0.4, -0.2) is 18.4 Å². The van der Waals surface area contributed by atoms with E-state index in [2.05, 4.69) is 12.2 Å². The van der Waals surface area contributed by atoms with E-state index in [1.165, 1.54) is 0 Å². The minimum absolute atomic E-state index is 0.0569. The number of carbonyl (C=O) groups is 2. The number of hydrogen-bond acceptors (Lipinski definition) is 3. The van der Waals surface area contributed by atoms with Crippen LogP contribution >= 0.6 is 11.3 Å². The zero-order chi connectivity index (χ0) is 18.5. The van der Waals surface area contributed by atoms with Crippen molar-refractivity contribution in [3.05, 3.63) is 52.2 Å². The average Bonchev–Trinajstić information content (AvgIpc) is 3.17. The number of thiophene rings is 1. The van der Waals surface area contributed by atoms with E-state index in [4.69, 9.17) is 0 Å². The fraction of sp³-hybridized carbons (Fsp3) is 0.429. The minimum atomic E-state index is -0.236. The molecule has 3 rings (SSSR count). The van der Waals surface area contributed by atoms with Gasteiger partial charge in [-0.3, -0.25) is 9.59 Å². The topological polar surface area (TPSA) is 49.4 Å². The highest BCUT2D eigenvalue weighted by molar-refractivity contribution is 7.10. The van der Waals surface area contributed by atoms with E-state index < -0.39 is 0 Å². The number of carbonyl (C=O) groups excluding carboxylic acids is 2. The van der Waals surface area contributed by atoms with E-state index in [1.54, 1.807) is 11.3 Å². The molecular weight excluding hydrogens is 344 g/mol. The van der Waals surface area contributed by atoms with Gasteiger partial charge < -0.3 is 10.2 Å². The van der Waals surface area contributed by atoms with Gasteiger partial charge in [-0.15, -0.1) is 11.3 Å². The van der Waals surface area contributed by atoms with E-state index >= 15 is 0 Å². The number of amides is 2. The predicted octanol–water partition coefficient (Wildman–Crippen LogP) is 4.46. The van der Waals surface area contributed by atoms with Crippen molar-refractivity contribution in [1.82, 2.24) is 5.32 Å². The number of aryl methyl sites for hydroxylation is 1. The van der Waals surface area contributed by atoms with Crippen molar-refractivity contribution in [2.75, 3.05) is 11.4 Å². The van der Waals surface area contributed by atoms with Crippen LogP contribution in [0.3, 0.4) is 0 Å². The SMILES string of the molecule is CCCCNC(=O)C1CCC(=O)N(c2ccc(C)cc2)C1c1cccs1. The van der Waals surface area contributed by atoms with Gasteiger partial charge >= 0.3 is 0 Å². The van der Waals surface area contributed by atoms with Crippen LogP contribution in [0.15, 0.2) is 41.8 Å². The Bertz CT molecular complexity index is 740. The second-order valence-corrected chi connectivity index (χ2v) is 7.83. The molecule has 0 radical (unpaired) electrons. The quantitative estimate of drug-likeness (QED) is 0.764. The Balaban J connectivity index is 1.93. The van der Waals surface area contributed by atoms with Gasteiger partial charge in [-0.1, -0.05) is 37.1 Å². The predicted molar refractivity (Wildman–Crippen MR) is 106 cm³/mol. The van der Waals surface area contributed by atoms with Gasteiger partial charge in [0, 0.05) is 23.5 Å². The maximum Gasteiger partial charge on any atom is 0.227 e. The molecule has 2 amide bonds. The fourth-order valence-corrected chi connectivity index (χ4v) is 4.36. The molecule has 0 spiro atoms. The van der Waals surface area contributed by atoms with Gasteiger partial charge in [-0.2, -0.15) is 0 Å². The van der Waals surface area contributed by atoms with Crippen molar-refractivity contribution < 1.29 is 9.59 Å². The highest BCUT2D eigenvalue weighted by Gasteiger charge is 2.41. The molecule has 0 aliphatic carbocycles. The molecule has 2 heterocycles. The Hall–Kier alpha value is -2.14. The lowest BCUT2D eigenvalue weighted by atomic mass is 9.86. The van der Waals surface area contributed by atoms with E-state index in [0.717, 1.165) is 29.0 Å². The van der Waals surface area contributed by atoms with Crippen LogP contribution in [0.1, 0.15) is 49.1 Å². The Morgan fingerprint density at radius 2 is 2.04 bits per heavy atom. The molecule has 5 heteroatoms. The smallest absolute Gasteiger partial charge is 0.227 e. The van der Waals surface area contributed by atoms with Crippen LogP contribution < -0.4 is 10.2 Å². The summed E-state index contributed by atoms with van der Waals surface area (Å²) >= 11 is 1.61. The molecule has 2 unspecified atom stereocenters. The molecule has 1 aromatic carbocycles. The lowest BCUT2D eigenvalue weighted by Crippen LogP contribution is -2.48. The fourth-order valence-electron chi connectivity index (χ4n) is 3.48. The van der Waals surface area contributed by atoms with Crippen LogP contribution in [0.25, 0.3) is 0 Å². The zero-order valence-electron chi connectivity index (χ0n) is 15.4. The van der Waals surface area contributed by atoms with Crippen molar-refractivity contribution in [1.29, 1.82) is 0 Å². The van der Waals surface area contributed by atoms with Gasteiger partial charge in [0.15, 0.2) is 0 Å². The maximum atomic E-state index is 12.9. The third-order valence-corrected chi connectivity index (χ3v) is 5.85. The number of anilines is 1. The number of benzene rings is 1. The Kier molecular flexibility index (Phi) is 6.09. The molecule has 1 saturated heterocycles. The van der Waals surface area contributed by atoms with Crippen LogP contribution in [-0.2, 0) is 9.59 Å². The molecule has 2 atom stereocenters. The molecule has 2 aromatic rings. The maximum absolute atomic E-state index is 12.9. The molecule has 1 aliphatic heterocycles. The molecule has 1 N–H and O–H groups in total. The summed E-state index contributed by atoms with van der Waals surface area (Å²) < 4.78 is 0.